The van der Waals surface area contributed by atoms with E-state index in [-0.39, 0.29) is 17.9 Å². The van der Waals surface area contributed by atoms with Gasteiger partial charge < -0.3 is 25.0 Å². The van der Waals surface area contributed by atoms with Crippen LogP contribution in [0.2, 0.25) is 0 Å². The smallest absolute Gasteiger partial charge is 0.238 e. The minimum Gasteiger partial charge on any atom is -0.395 e. The topological polar surface area (TPSA) is 101 Å². The highest BCUT2D eigenvalue weighted by molar-refractivity contribution is 7.26. The van der Waals surface area contributed by atoms with Crippen molar-refractivity contribution in [3.8, 4) is 11.1 Å². The first-order valence-corrected chi connectivity index (χ1v) is 15.7. The van der Waals surface area contributed by atoms with Gasteiger partial charge in [-0.2, -0.15) is 0 Å². The first-order valence-electron chi connectivity index (χ1n) is 14.9. The molecule has 5 aromatic rings. The van der Waals surface area contributed by atoms with Crippen LogP contribution in [0.5, 0.6) is 0 Å². The zero-order valence-electron chi connectivity index (χ0n) is 24.0. The first-order chi connectivity index (χ1) is 21.1. The van der Waals surface area contributed by atoms with Crippen LogP contribution in [0.3, 0.4) is 0 Å². The van der Waals surface area contributed by atoms with Crippen molar-refractivity contribution in [1.82, 2.24) is 14.8 Å². The van der Waals surface area contributed by atoms with Crippen molar-refractivity contribution < 1.29 is 14.6 Å². The number of H-pyrrole nitrogens is 1. The number of carbonyl (C=O) groups is 1. The Morgan fingerprint density at radius 2 is 1.67 bits per heavy atom. The molecule has 7 rings (SSSR count). The first kappa shape index (κ1) is 28.0. The van der Waals surface area contributed by atoms with Gasteiger partial charge in [-0.15, -0.1) is 11.3 Å². The van der Waals surface area contributed by atoms with Gasteiger partial charge in [0.15, 0.2) is 5.43 Å². The number of para-hydroxylation sites is 1. The highest BCUT2D eigenvalue weighted by Gasteiger charge is 2.22. The second-order valence-corrected chi connectivity index (χ2v) is 12.3. The summed E-state index contributed by atoms with van der Waals surface area (Å²) >= 11 is 1.70. The van der Waals surface area contributed by atoms with E-state index in [9.17, 15) is 14.7 Å². The molecule has 0 aliphatic carbocycles. The number of benzene rings is 3. The molecule has 222 valence electrons. The van der Waals surface area contributed by atoms with Crippen molar-refractivity contribution in [2.24, 2.45) is 0 Å². The maximum absolute atomic E-state index is 13.3. The van der Waals surface area contributed by atoms with Gasteiger partial charge in [-0.1, -0.05) is 36.4 Å². The summed E-state index contributed by atoms with van der Waals surface area (Å²) in [5.74, 6) is 0.770. The van der Waals surface area contributed by atoms with Crippen LogP contribution >= 0.6 is 11.3 Å². The van der Waals surface area contributed by atoms with E-state index in [1.165, 1.54) is 0 Å². The molecule has 43 heavy (non-hydrogen) atoms. The zero-order valence-corrected chi connectivity index (χ0v) is 24.8. The molecule has 0 bridgehead atoms. The number of nitrogens with one attached hydrogen (secondary N) is 2. The number of aromatic nitrogens is 1. The number of aromatic amines is 1. The molecule has 9 nitrogen and oxygen atoms in total. The number of hydrogen-bond donors (Lipinski definition) is 3. The molecule has 0 unspecified atom stereocenters. The lowest BCUT2D eigenvalue weighted by atomic mass is 9.98. The lowest BCUT2D eigenvalue weighted by Crippen LogP contribution is -2.49. The summed E-state index contributed by atoms with van der Waals surface area (Å²) in [6.07, 6.45) is 0. The minimum atomic E-state index is -0.0374. The molecule has 3 N–H and O–H groups in total. The summed E-state index contributed by atoms with van der Waals surface area (Å²) in [4.78, 5) is 36.7. The number of carbonyl (C=O) groups excluding carboxylic acids is 1. The molecule has 2 aliphatic rings. The number of amides is 1. The predicted octanol–water partition coefficient (Wildman–Crippen LogP) is 3.95. The van der Waals surface area contributed by atoms with Gasteiger partial charge in [0.2, 0.25) is 5.91 Å². The lowest BCUT2D eigenvalue weighted by molar-refractivity contribution is -0.117. The van der Waals surface area contributed by atoms with Gasteiger partial charge in [0.1, 0.15) is 5.82 Å². The predicted molar refractivity (Wildman–Crippen MR) is 175 cm³/mol. The monoisotopic (exact) mass is 597 g/mol. The van der Waals surface area contributed by atoms with Crippen LogP contribution < -0.4 is 15.6 Å². The highest BCUT2D eigenvalue weighted by Crippen LogP contribution is 2.44. The summed E-state index contributed by atoms with van der Waals surface area (Å²) in [7, 11) is 0. The molecule has 2 aromatic heterocycles. The molecular weight excluding hydrogens is 562 g/mol. The van der Waals surface area contributed by atoms with E-state index in [2.05, 4.69) is 49.3 Å². The van der Waals surface area contributed by atoms with E-state index in [0.29, 0.717) is 31.7 Å². The average molecular weight is 598 g/mol. The van der Waals surface area contributed by atoms with E-state index >= 15 is 0 Å². The second kappa shape index (κ2) is 12.1. The van der Waals surface area contributed by atoms with Crippen LogP contribution in [0.1, 0.15) is 0 Å². The molecule has 0 spiro atoms. The van der Waals surface area contributed by atoms with Crippen LogP contribution in [0.25, 0.3) is 42.2 Å². The number of anilines is 2. The van der Waals surface area contributed by atoms with E-state index in [1.807, 2.05) is 30.3 Å². The fourth-order valence-corrected chi connectivity index (χ4v) is 7.56. The summed E-state index contributed by atoms with van der Waals surface area (Å²) in [6, 6.07) is 19.9. The summed E-state index contributed by atoms with van der Waals surface area (Å²) < 4.78 is 7.74. The molecule has 1 amide bonds. The number of aliphatic hydroxyl groups excluding tert-OH is 1. The van der Waals surface area contributed by atoms with Gasteiger partial charge in [-0.25, -0.2) is 0 Å². The minimum absolute atomic E-state index is 0.00856. The van der Waals surface area contributed by atoms with E-state index in [1.54, 1.807) is 17.4 Å². The van der Waals surface area contributed by atoms with Crippen molar-refractivity contribution in [3.63, 3.8) is 0 Å². The molecule has 4 heterocycles. The number of morpholine rings is 1. The van der Waals surface area contributed by atoms with E-state index in [4.69, 9.17) is 4.74 Å². The number of pyridine rings is 1. The maximum atomic E-state index is 13.3. The number of aliphatic hydroxyl groups is 1. The number of hydrogen-bond acceptors (Lipinski definition) is 8. The molecule has 3 aromatic carbocycles. The fourth-order valence-electron chi connectivity index (χ4n) is 6.31. The molecule has 10 heteroatoms. The van der Waals surface area contributed by atoms with Gasteiger partial charge in [-0.05, 0) is 18.2 Å². The zero-order chi connectivity index (χ0) is 29.3. The normalized spacial score (nSPS) is 16.8. The van der Waals surface area contributed by atoms with Gasteiger partial charge in [0.25, 0.3) is 0 Å². The van der Waals surface area contributed by atoms with Crippen LogP contribution in [0, 0.1) is 0 Å². The third kappa shape index (κ3) is 5.52. The number of rotatable bonds is 7. The van der Waals surface area contributed by atoms with Gasteiger partial charge in [-0.3, -0.25) is 19.4 Å². The second-order valence-electron chi connectivity index (χ2n) is 11.2. The van der Waals surface area contributed by atoms with E-state index < -0.39 is 0 Å². The Morgan fingerprint density at radius 1 is 0.907 bits per heavy atom. The molecule has 0 radical (unpaired) electrons. The largest absolute Gasteiger partial charge is 0.395 e. The Hall–Kier alpha value is -3.80. The van der Waals surface area contributed by atoms with Gasteiger partial charge >= 0.3 is 0 Å². The van der Waals surface area contributed by atoms with Crippen molar-refractivity contribution in [2.45, 2.75) is 0 Å². The van der Waals surface area contributed by atoms with E-state index in [0.717, 1.165) is 87.6 Å². The number of piperazine rings is 1. The molecular formula is C33H35N5O4S. The Labute approximate surface area is 253 Å². The molecule has 2 fully saturated rings. The third-order valence-corrected chi connectivity index (χ3v) is 9.75. The summed E-state index contributed by atoms with van der Waals surface area (Å²) in [5, 5.41) is 15.2. The SMILES string of the molecule is O=C(CN1CCN(CCO)CC1)Nc1ccc(-c2cccc3c(=O)cc(N4CCOCC4)[nH]c23)c2sc3ccccc3c12. The Balaban J connectivity index is 1.27. The molecule has 2 aliphatic heterocycles. The van der Waals surface area contributed by atoms with Crippen molar-refractivity contribution in [1.29, 1.82) is 0 Å². The average Bonchev–Trinajstić information content (AvgIpc) is 3.43. The van der Waals surface area contributed by atoms with Crippen molar-refractivity contribution >= 4 is 59.8 Å². The number of ether oxygens (including phenoxy) is 1. The number of β-amino-alcohol motifs (C(OH)–C–C–N with tert-alkyl or cyclic N) is 1. The lowest BCUT2D eigenvalue weighted by Gasteiger charge is -2.33. The number of fused-ring (bicyclic) bond motifs is 4. The van der Waals surface area contributed by atoms with Crippen LogP contribution in [0.4, 0.5) is 11.5 Å². The van der Waals surface area contributed by atoms with Gasteiger partial charge in [0, 0.05) is 88.6 Å². The maximum Gasteiger partial charge on any atom is 0.238 e. The Kier molecular flexibility index (Phi) is 7.85. The fraction of sp³-hybridized carbons (Fsp3) is 0.333. The standard InChI is InChI=1S/C33H35N5O4S/c39-17-14-36-10-12-37(13-11-36)21-30(41)34-26-9-8-23(33-31(26)25-4-1-2-7-28(25)43-33)22-5-3-6-24-27(40)20-29(35-32(22)24)38-15-18-42-19-16-38/h1-9,20,39H,10-19,21H2,(H,34,41)(H,35,40). The quantitative estimate of drug-likeness (QED) is 0.261. The Bertz CT molecular complexity index is 1850. The molecule has 2 saturated heterocycles. The summed E-state index contributed by atoms with van der Waals surface area (Å²) in [6.45, 7) is 7.20. The highest BCUT2D eigenvalue weighted by atomic mass is 32.1. The molecule has 0 atom stereocenters. The van der Waals surface area contributed by atoms with Gasteiger partial charge in [0.05, 0.1) is 37.6 Å². The third-order valence-electron chi connectivity index (χ3n) is 8.54. The van der Waals surface area contributed by atoms with Crippen molar-refractivity contribution in [3.05, 3.63) is 70.9 Å². The summed E-state index contributed by atoms with van der Waals surface area (Å²) in [5.41, 5.74) is 3.58. The van der Waals surface area contributed by atoms with Crippen LogP contribution in [0.15, 0.2) is 65.5 Å². The van der Waals surface area contributed by atoms with Crippen molar-refractivity contribution in [2.75, 3.05) is 82.4 Å². The van der Waals surface area contributed by atoms with Crippen LogP contribution in [-0.2, 0) is 9.53 Å². The van der Waals surface area contributed by atoms with Crippen LogP contribution in [-0.4, -0.2) is 98.0 Å². The molecule has 0 saturated carbocycles. The Morgan fingerprint density at radius 3 is 2.49 bits per heavy atom. The number of thiophene rings is 1. The number of nitrogens with zero attached hydrogens (tertiary/aromatic N) is 3.